The minimum atomic E-state index is 0.926. The first-order valence-electron chi connectivity index (χ1n) is 6.31. The lowest BCUT2D eigenvalue weighted by atomic mass is 9.94. The van der Waals surface area contributed by atoms with Gasteiger partial charge >= 0.3 is 0 Å². The summed E-state index contributed by atoms with van der Waals surface area (Å²) in [7, 11) is 2.41. The molecule has 1 atom stereocenters. The fourth-order valence-electron chi connectivity index (χ4n) is 2.95. The molecular weight excluding hydrogens is 172 g/mol. The molecule has 0 bridgehead atoms. The van der Waals surface area contributed by atoms with Crippen LogP contribution in [0.2, 0.25) is 0 Å². The van der Waals surface area contributed by atoms with Crippen molar-refractivity contribution in [1.29, 1.82) is 0 Å². The first-order chi connectivity index (χ1) is 6.73. The number of hydrogen-bond donors (Lipinski definition) is 0. The van der Waals surface area contributed by atoms with Gasteiger partial charge in [0, 0.05) is 6.04 Å². The van der Waals surface area contributed by atoms with Crippen LogP contribution in [0.25, 0.3) is 0 Å². The third-order valence-electron chi connectivity index (χ3n) is 4.30. The quantitative estimate of drug-likeness (QED) is 0.613. The number of hydrogen-bond acceptors (Lipinski definition) is 1. The van der Waals surface area contributed by atoms with Crippen LogP contribution in [0.4, 0.5) is 0 Å². The van der Waals surface area contributed by atoms with E-state index in [4.69, 9.17) is 0 Å². The standard InChI is InChI=1S/C12H25N2/c1-3-14(2)10-9-13(11-14)12-7-5-4-6-8-12/h12H,3-11H2,1-2H3/q+1/t14-/m1/s1. The van der Waals surface area contributed by atoms with Gasteiger partial charge in [-0.05, 0) is 19.8 Å². The Balaban J connectivity index is 1.88. The maximum Gasteiger partial charge on any atom is 0.135 e. The molecule has 0 amide bonds. The highest BCUT2D eigenvalue weighted by Gasteiger charge is 2.35. The van der Waals surface area contributed by atoms with Crippen molar-refractivity contribution in [3.63, 3.8) is 0 Å². The second-order valence-corrected chi connectivity index (χ2v) is 5.40. The van der Waals surface area contributed by atoms with Crippen LogP contribution in [-0.2, 0) is 0 Å². The maximum absolute atomic E-state index is 2.75. The van der Waals surface area contributed by atoms with Gasteiger partial charge in [0.15, 0.2) is 0 Å². The first kappa shape index (κ1) is 10.4. The largest absolute Gasteiger partial charge is 0.313 e. The molecule has 0 aromatic rings. The van der Waals surface area contributed by atoms with Gasteiger partial charge in [-0.1, -0.05) is 19.3 Å². The molecule has 0 spiro atoms. The molecule has 82 valence electrons. The van der Waals surface area contributed by atoms with Crippen molar-refractivity contribution in [1.82, 2.24) is 4.90 Å². The van der Waals surface area contributed by atoms with E-state index < -0.39 is 0 Å². The van der Waals surface area contributed by atoms with Gasteiger partial charge in [-0.2, -0.15) is 0 Å². The molecule has 2 nitrogen and oxygen atoms in total. The monoisotopic (exact) mass is 197 g/mol. The summed E-state index contributed by atoms with van der Waals surface area (Å²) in [5.41, 5.74) is 0. The summed E-state index contributed by atoms with van der Waals surface area (Å²) in [5, 5.41) is 0. The van der Waals surface area contributed by atoms with Crippen LogP contribution in [0.15, 0.2) is 0 Å². The zero-order valence-electron chi connectivity index (χ0n) is 9.84. The lowest BCUT2D eigenvalue weighted by Gasteiger charge is -2.32. The van der Waals surface area contributed by atoms with Gasteiger partial charge in [0.1, 0.15) is 6.67 Å². The van der Waals surface area contributed by atoms with Crippen molar-refractivity contribution in [2.75, 3.05) is 33.4 Å². The Morgan fingerprint density at radius 2 is 1.93 bits per heavy atom. The van der Waals surface area contributed by atoms with Crippen LogP contribution in [0.1, 0.15) is 39.0 Å². The Labute approximate surface area is 88.5 Å². The number of likely N-dealkylation sites (N-methyl/N-ethyl adjacent to an activating group) is 1. The third kappa shape index (κ3) is 2.12. The Bertz CT molecular complexity index is 187. The molecule has 0 unspecified atom stereocenters. The summed E-state index contributed by atoms with van der Waals surface area (Å²) in [6, 6.07) is 0.926. The highest BCUT2D eigenvalue weighted by molar-refractivity contribution is 4.76. The van der Waals surface area contributed by atoms with Crippen LogP contribution >= 0.6 is 0 Å². The number of quaternary nitrogens is 1. The first-order valence-corrected chi connectivity index (χ1v) is 6.31. The average molecular weight is 197 g/mol. The van der Waals surface area contributed by atoms with E-state index in [-0.39, 0.29) is 0 Å². The maximum atomic E-state index is 2.75. The highest BCUT2D eigenvalue weighted by Crippen LogP contribution is 2.26. The van der Waals surface area contributed by atoms with E-state index in [0.717, 1.165) is 6.04 Å². The summed E-state index contributed by atoms with van der Waals surface area (Å²) >= 11 is 0. The number of nitrogens with zero attached hydrogens (tertiary/aromatic N) is 2. The minimum absolute atomic E-state index is 0.926. The fourth-order valence-corrected chi connectivity index (χ4v) is 2.95. The summed E-state index contributed by atoms with van der Waals surface area (Å²) in [5.74, 6) is 0. The average Bonchev–Trinajstić information content (AvgIpc) is 2.63. The second-order valence-electron chi connectivity index (χ2n) is 5.40. The molecule has 0 radical (unpaired) electrons. The summed E-state index contributed by atoms with van der Waals surface area (Å²) in [6.45, 7) is 7.64. The van der Waals surface area contributed by atoms with Crippen molar-refractivity contribution < 1.29 is 4.48 Å². The zero-order valence-corrected chi connectivity index (χ0v) is 9.84. The van der Waals surface area contributed by atoms with E-state index in [1.807, 2.05) is 0 Å². The summed E-state index contributed by atoms with van der Waals surface area (Å²) in [6.07, 6.45) is 7.34. The molecule has 1 aliphatic carbocycles. The number of rotatable bonds is 2. The predicted molar refractivity (Wildman–Crippen MR) is 60.0 cm³/mol. The SMILES string of the molecule is CC[N@+]1(C)CCN(C2CCCCC2)C1. The van der Waals surface area contributed by atoms with Crippen LogP contribution in [0, 0.1) is 0 Å². The van der Waals surface area contributed by atoms with Gasteiger partial charge in [0.2, 0.25) is 0 Å². The lowest BCUT2D eigenvalue weighted by molar-refractivity contribution is -0.900. The van der Waals surface area contributed by atoms with E-state index >= 15 is 0 Å². The molecule has 2 heteroatoms. The van der Waals surface area contributed by atoms with Gasteiger partial charge in [0.05, 0.1) is 26.7 Å². The van der Waals surface area contributed by atoms with E-state index in [1.54, 1.807) is 0 Å². The normalized spacial score (nSPS) is 36.4. The predicted octanol–water partition coefficient (Wildman–Crippen LogP) is 2.06. The van der Waals surface area contributed by atoms with E-state index in [0.29, 0.717) is 0 Å². The van der Waals surface area contributed by atoms with Gasteiger partial charge in [-0.25, -0.2) is 4.90 Å². The molecular formula is C12H25N2+. The molecule has 1 saturated carbocycles. The molecule has 0 aromatic heterocycles. The van der Waals surface area contributed by atoms with Crippen molar-refractivity contribution in [3.8, 4) is 0 Å². The molecule has 1 saturated heterocycles. The van der Waals surface area contributed by atoms with Crippen LogP contribution in [0.5, 0.6) is 0 Å². The Morgan fingerprint density at radius 3 is 2.50 bits per heavy atom. The summed E-state index contributed by atoms with van der Waals surface area (Å²) in [4.78, 5) is 2.75. The van der Waals surface area contributed by atoms with Gasteiger partial charge < -0.3 is 4.48 Å². The van der Waals surface area contributed by atoms with E-state index in [1.165, 1.54) is 62.9 Å². The molecule has 2 aliphatic rings. The van der Waals surface area contributed by atoms with Gasteiger partial charge in [0.25, 0.3) is 0 Å². The molecule has 14 heavy (non-hydrogen) atoms. The van der Waals surface area contributed by atoms with Gasteiger partial charge in [-0.15, -0.1) is 0 Å². The van der Waals surface area contributed by atoms with Crippen molar-refractivity contribution in [2.24, 2.45) is 0 Å². The Kier molecular flexibility index (Phi) is 3.13. The van der Waals surface area contributed by atoms with Crippen LogP contribution in [0.3, 0.4) is 0 Å². The zero-order chi connectivity index (χ0) is 10.0. The minimum Gasteiger partial charge on any atom is -0.313 e. The molecule has 2 fully saturated rings. The van der Waals surface area contributed by atoms with Crippen LogP contribution < -0.4 is 0 Å². The van der Waals surface area contributed by atoms with Crippen molar-refractivity contribution >= 4 is 0 Å². The highest BCUT2D eigenvalue weighted by atomic mass is 15.5. The summed E-state index contributed by atoms with van der Waals surface area (Å²) < 4.78 is 1.27. The van der Waals surface area contributed by atoms with Crippen molar-refractivity contribution in [2.45, 2.75) is 45.1 Å². The molecule has 0 N–H and O–H groups in total. The third-order valence-corrected chi connectivity index (χ3v) is 4.30. The fraction of sp³-hybridized carbons (Fsp3) is 1.00. The Morgan fingerprint density at radius 1 is 1.21 bits per heavy atom. The molecule has 1 heterocycles. The van der Waals surface area contributed by atoms with E-state index in [9.17, 15) is 0 Å². The van der Waals surface area contributed by atoms with E-state index in [2.05, 4.69) is 18.9 Å². The molecule has 2 rings (SSSR count). The Hall–Kier alpha value is -0.0800. The van der Waals surface area contributed by atoms with Gasteiger partial charge in [-0.3, -0.25) is 0 Å². The van der Waals surface area contributed by atoms with Crippen LogP contribution in [-0.4, -0.2) is 48.8 Å². The second kappa shape index (κ2) is 4.19. The smallest absolute Gasteiger partial charge is 0.135 e. The lowest BCUT2D eigenvalue weighted by Crippen LogP contribution is -2.44. The topological polar surface area (TPSA) is 3.24 Å². The molecule has 0 aromatic carbocycles. The molecule has 1 aliphatic heterocycles. The van der Waals surface area contributed by atoms with Crippen molar-refractivity contribution in [3.05, 3.63) is 0 Å².